The van der Waals surface area contributed by atoms with Gasteiger partial charge in [-0.05, 0) is 12.5 Å². The van der Waals surface area contributed by atoms with E-state index in [1.807, 2.05) is 19.2 Å². The van der Waals surface area contributed by atoms with E-state index in [0.29, 0.717) is 5.88 Å². The molecular weight excluding hydrogens is 212 g/mol. The first-order valence-electron chi connectivity index (χ1n) is 4.99. The van der Waals surface area contributed by atoms with Gasteiger partial charge in [-0.15, -0.1) is 11.6 Å². The summed E-state index contributed by atoms with van der Waals surface area (Å²) in [5.74, 6) is 1.46. The Hall–Kier alpha value is -0.800. The van der Waals surface area contributed by atoms with E-state index in [2.05, 4.69) is 9.88 Å². The van der Waals surface area contributed by atoms with Crippen molar-refractivity contribution in [3.63, 3.8) is 0 Å². The summed E-state index contributed by atoms with van der Waals surface area (Å²) in [4.78, 5) is 6.44. The predicted octanol–water partition coefficient (Wildman–Crippen LogP) is 2.29. The third-order valence-electron chi connectivity index (χ3n) is 2.22. The van der Waals surface area contributed by atoms with E-state index in [4.69, 9.17) is 16.3 Å². The first-order chi connectivity index (χ1) is 7.29. The minimum atomic E-state index is 0.498. The van der Waals surface area contributed by atoms with Gasteiger partial charge in [0.25, 0.3) is 0 Å². The molecule has 0 N–H and O–H groups in total. The van der Waals surface area contributed by atoms with Crippen molar-refractivity contribution in [2.75, 3.05) is 32.2 Å². The zero-order valence-corrected chi connectivity index (χ0v) is 10.00. The minimum Gasteiger partial charge on any atom is -0.385 e. The van der Waals surface area contributed by atoms with Gasteiger partial charge in [-0.2, -0.15) is 0 Å². The first kappa shape index (κ1) is 12.3. The monoisotopic (exact) mass is 228 g/mol. The smallest absolute Gasteiger partial charge is 0.132 e. The van der Waals surface area contributed by atoms with Gasteiger partial charge >= 0.3 is 0 Å². The molecule has 1 heterocycles. The summed E-state index contributed by atoms with van der Waals surface area (Å²) in [6.07, 6.45) is 2.78. The Kier molecular flexibility index (Phi) is 5.43. The van der Waals surface area contributed by atoms with E-state index in [0.717, 1.165) is 31.0 Å². The highest BCUT2D eigenvalue weighted by Crippen LogP contribution is 2.17. The lowest BCUT2D eigenvalue weighted by molar-refractivity contribution is 0.196. The molecule has 0 aliphatic heterocycles. The number of nitrogens with zero attached hydrogens (tertiary/aromatic N) is 2. The van der Waals surface area contributed by atoms with Crippen LogP contribution in [0.25, 0.3) is 0 Å². The van der Waals surface area contributed by atoms with Crippen LogP contribution in [0.1, 0.15) is 12.0 Å². The summed E-state index contributed by atoms with van der Waals surface area (Å²) >= 11 is 5.85. The highest BCUT2D eigenvalue weighted by molar-refractivity contribution is 6.17. The summed E-state index contributed by atoms with van der Waals surface area (Å²) in [6, 6.07) is 3.91. The Balaban J connectivity index is 2.59. The first-order valence-corrected chi connectivity index (χ1v) is 5.53. The van der Waals surface area contributed by atoms with E-state index in [9.17, 15) is 0 Å². The molecular formula is C11H17ClN2O. The largest absolute Gasteiger partial charge is 0.385 e. The van der Waals surface area contributed by atoms with Gasteiger partial charge in [-0.1, -0.05) is 6.07 Å². The predicted molar refractivity (Wildman–Crippen MR) is 63.6 cm³/mol. The number of pyridine rings is 1. The van der Waals surface area contributed by atoms with Crippen molar-refractivity contribution in [3.05, 3.63) is 23.9 Å². The molecule has 0 fully saturated rings. The molecule has 84 valence electrons. The standard InChI is InChI=1S/C11H17ClN2O/c1-14(7-4-8-15-2)11-10(9-12)5-3-6-13-11/h3,5-6H,4,7-9H2,1-2H3. The molecule has 0 saturated carbocycles. The summed E-state index contributed by atoms with van der Waals surface area (Å²) in [7, 11) is 3.74. The van der Waals surface area contributed by atoms with Crippen molar-refractivity contribution in [3.8, 4) is 0 Å². The molecule has 4 heteroatoms. The highest BCUT2D eigenvalue weighted by Gasteiger charge is 2.06. The summed E-state index contributed by atoms with van der Waals surface area (Å²) in [5, 5.41) is 0. The topological polar surface area (TPSA) is 25.4 Å². The Labute approximate surface area is 96.0 Å². The third-order valence-corrected chi connectivity index (χ3v) is 2.50. The third kappa shape index (κ3) is 3.68. The SMILES string of the molecule is COCCCN(C)c1ncccc1CCl. The van der Waals surface area contributed by atoms with Gasteiger partial charge in [0.2, 0.25) is 0 Å². The summed E-state index contributed by atoms with van der Waals surface area (Å²) in [5.41, 5.74) is 1.07. The number of ether oxygens (including phenoxy) is 1. The van der Waals surface area contributed by atoms with Crippen LogP contribution < -0.4 is 4.90 Å². The van der Waals surface area contributed by atoms with Crippen LogP contribution in [0.3, 0.4) is 0 Å². The van der Waals surface area contributed by atoms with Crippen LogP contribution in [0.5, 0.6) is 0 Å². The lowest BCUT2D eigenvalue weighted by Gasteiger charge is -2.20. The lowest BCUT2D eigenvalue weighted by atomic mass is 10.2. The second-order valence-electron chi connectivity index (χ2n) is 3.39. The molecule has 0 aliphatic carbocycles. The number of hydrogen-bond acceptors (Lipinski definition) is 3. The molecule has 0 atom stereocenters. The molecule has 0 saturated heterocycles. The number of anilines is 1. The van der Waals surface area contributed by atoms with Crippen LogP contribution in [0.2, 0.25) is 0 Å². The van der Waals surface area contributed by atoms with Gasteiger partial charge in [0.05, 0.1) is 5.88 Å². The Bertz CT molecular complexity index is 294. The Morgan fingerprint density at radius 1 is 1.53 bits per heavy atom. The van der Waals surface area contributed by atoms with Crippen molar-refractivity contribution in [1.82, 2.24) is 4.98 Å². The van der Waals surface area contributed by atoms with Gasteiger partial charge in [0.1, 0.15) is 5.82 Å². The molecule has 1 aromatic rings. The molecule has 0 unspecified atom stereocenters. The Morgan fingerprint density at radius 2 is 2.33 bits per heavy atom. The van der Waals surface area contributed by atoms with E-state index >= 15 is 0 Å². The molecule has 0 aliphatic rings. The lowest BCUT2D eigenvalue weighted by Crippen LogP contribution is -2.22. The number of rotatable bonds is 6. The average Bonchev–Trinajstić information content (AvgIpc) is 2.29. The second kappa shape index (κ2) is 6.64. The van der Waals surface area contributed by atoms with Crippen molar-refractivity contribution in [2.45, 2.75) is 12.3 Å². The molecule has 1 aromatic heterocycles. The van der Waals surface area contributed by atoms with Gasteiger partial charge < -0.3 is 9.64 Å². The maximum absolute atomic E-state index is 5.85. The molecule has 0 radical (unpaired) electrons. The molecule has 0 bridgehead atoms. The fourth-order valence-electron chi connectivity index (χ4n) is 1.43. The average molecular weight is 229 g/mol. The van der Waals surface area contributed by atoms with Crippen LogP contribution in [-0.2, 0) is 10.6 Å². The second-order valence-corrected chi connectivity index (χ2v) is 3.65. The van der Waals surface area contributed by atoms with Gasteiger partial charge in [-0.3, -0.25) is 0 Å². The van der Waals surface area contributed by atoms with Gasteiger partial charge in [0.15, 0.2) is 0 Å². The molecule has 1 rings (SSSR count). The maximum atomic E-state index is 5.85. The molecule has 15 heavy (non-hydrogen) atoms. The van der Waals surface area contributed by atoms with E-state index in [-0.39, 0.29) is 0 Å². The highest BCUT2D eigenvalue weighted by atomic mass is 35.5. The van der Waals surface area contributed by atoms with Crippen LogP contribution in [0.15, 0.2) is 18.3 Å². The van der Waals surface area contributed by atoms with Crippen LogP contribution >= 0.6 is 11.6 Å². The summed E-state index contributed by atoms with van der Waals surface area (Å²) in [6.45, 7) is 1.70. The van der Waals surface area contributed by atoms with Crippen molar-refractivity contribution >= 4 is 17.4 Å². The Morgan fingerprint density at radius 3 is 3.00 bits per heavy atom. The molecule has 3 nitrogen and oxygen atoms in total. The maximum Gasteiger partial charge on any atom is 0.132 e. The zero-order valence-electron chi connectivity index (χ0n) is 9.24. The summed E-state index contributed by atoms with van der Waals surface area (Å²) < 4.78 is 5.01. The quantitative estimate of drug-likeness (QED) is 0.552. The molecule has 0 amide bonds. The number of hydrogen-bond donors (Lipinski definition) is 0. The van der Waals surface area contributed by atoms with Gasteiger partial charge in [0, 0.05) is 39.1 Å². The van der Waals surface area contributed by atoms with Crippen LogP contribution in [0.4, 0.5) is 5.82 Å². The van der Waals surface area contributed by atoms with E-state index in [1.54, 1.807) is 13.3 Å². The number of methoxy groups -OCH3 is 1. The normalized spacial score (nSPS) is 10.3. The van der Waals surface area contributed by atoms with E-state index < -0.39 is 0 Å². The van der Waals surface area contributed by atoms with Crippen LogP contribution in [-0.4, -0.2) is 32.3 Å². The van der Waals surface area contributed by atoms with Crippen molar-refractivity contribution in [1.29, 1.82) is 0 Å². The minimum absolute atomic E-state index is 0.498. The fourth-order valence-corrected chi connectivity index (χ4v) is 1.64. The van der Waals surface area contributed by atoms with E-state index in [1.165, 1.54) is 0 Å². The van der Waals surface area contributed by atoms with Crippen molar-refractivity contribution < 1.29 is 4.74 Å². The van der Waals surface area contributed by atoms with Crippen molar-refractivity contribution in [2.24, 2.45) is 0 Å². The van der Waals surface area contributed by atoms with Crippen LogP contribution in [0, 0.1) is 0 Å². The van der Waals surface area contributed by atoms with Gasteiger partial charge in [-0.25, -0.2) is 4.98 Å². The molecule has 0 spiro atoms. The number of aromatic nitrogens is 1. The zero-order chi connectivity index (χ0) is 11.1. The molecule has 0 aromatic carbocycles. The number of halogens is 1. The fraction of sp³-hybridized carbons (Fsp3) is 0.545. The number of alkyl halides is 1.